The van der Waals surface area contributed by atoms with Gasteiger partial charge in [0.2, 0.25) is 0 Å². The number of nitrogens with zero attached hydrogens (tertiary/aromatic N) is 3. The molecule has 0 aliphatic carbocycles. The molecule has 0 unspecified atom stereocenters. The van der Waals surface area contributed by atoms with Crippen LogP contribution in [0.15, 0.2) is 29.6 Å². The first-order chi connectivity index (χ1) is 8.16. The Morgan fingerprint density at radius 1 is 1.59 bits per heavy atom. The van der Waals surface area contributed by atoms with Crippen molar-refractivity contribution in [3.63, 3.8) is 0 Å². The molecule has 2 N–H and O–H groups in total. The molecule has 7 nitrogen and oxygen atoms in total. The monoisotopic (exact) mass is 233 g/mol. The fourth-order valence-corrected chi connectivity index (χ4v) is 1.31. The minimum atomic E-state index is -0.445. The number of aromatic nitrogens is 4. The largest absolute Gasteiger partial charge is 0.367 e. The molecule has 0 saturated heterocycles. The Morgan fingerprint density at radius 3 is 3.06 bits per heavy atom. The summed E-state index contributed by atoms with van der Waals surface area (Å²) in [7, 11) is 1.74. The first kappa shape index (κ1) is 11.1. The van der Waals surface area contributed by atoms with Gasteiger partial charge < -0.3 is 10.3 Å². The first-order valence-corrected chi connectivity index (χ1v) is 4.96. The third-order valence-corrected chi connectivity index (χ3v) is 2.12. The highest BCUT2D eigenvalue weighted by molar-refractivity contribution is 5.93. The summed E-state index contributed by atoms with van der Waals surface area (Å²) >= 11 is 0. The van der Waals surface area contributed by atoms with Gasteiger partial charge in [0.05, 0.1) is 6.54 Å². The summed E-state index contributed by atoms with van der Waals surface area (Å²) in [5.41, 5.74) is -0.251. The molecule has 0 aliphatic rings. The maximum absolute atomic E-state index is 11.7. The average Bonchev–Trinajstić information content (AvgIpc) is 2.73. The summed E-state index contributed by atoms with van der Waals surface area (Å²) in [6, 6.07) is 1.30. The molecule has 0 spiro atoms. The fraction of sp³-hybridized carbons (Fsp3) is 0.200. The minimum absolute atomic E-state index is 0.0726. The van der Waals surface area contributed by atoms with Crippen molar-refractivity contribution in [1.29, 1.82) is 0 Å². The number of amides is 1. The van der Waals surface area contributed by atoms with Crippen molar-refractivity contribution in [3.05, 3.63) is 46.4 Å². The van der Waals surface area contributed by atoms with E-state index < -0.39 is 5.91 Å². The molecule has 0 saturated carbocycles. The maximum atomic E-state index is 11.7. The second-order valence-corrected chi connectivity index (χ2v) is 3.44. The Labute approximate surface area is 96.5 Å². The highest BCUT2D eigenvalue weighted by atomic mass is 16.2. The van der Waals surface area contributed by atoms with Crippen molar-refractivity contribution in [1.82, 2.24) is 25.1 Å². The molecule has 88 valence electrons. The predicted octanol–water partition coefficient (Wildman–Crippen LogP) is -0.567. The third-order valence-electron chi connectivity index (χ3n) is 2.12. The van der Waals surface area contributed by atoms with E-state index in [1.165, 1.54) is 29.5 Å². The van der Waals surface area contributed by atoms with E-state index in [2.05, 4.69) is 20.4 Å². The van der Waals surface area contributed by atoms with Gasteiger partial charge in [0.1, 0.15) is 11.9 Å². The highest BCUT2D eigenvalue weighted by Crippen LogP contribution is 1.91. The van der Waals surface area contributed by atoms with Crippen LogP contribution in [-0.2, 0) is 13.6 Å². The lowest BCUT2D eigenvalue weighted by atomic mass is 10.2. The third kappa shape index (κ3) is 2.57. The Bertz CT molecular complexity index is 586. The lowest BCUT2D eigenvalue weighted by Crippen LogP contribution is -2.28. The summed E-state index contributed by atoms with van der Waals surface area (Å²) in [4.78, 5) is 29.7. The smallest absolute Gasteiger partial charge is 0.257 e. The van der Waals surface area contributed by atoms with Crippen LogP contribution < -0.4 is 10.7 Å². The van der Waals surface area contributed by atoms with E-state index in [0.29, 0.717) is 5.82 Å². The van der Waals surface area contributed by atoms with Gasteiger partial charge in [-0.1, -0.05) is 0 Å². The number of hydrogen-bond donors (Lipinski definition) is 2. The van der Waals surface area contributed by atoms with Gasteiger partial charge in [-0.25, -0.2) is 4.98 Å². The van der Waals surface area contributed by atoms with Crippen molar-refractivity contribution in [2.75, 3.05) is 0 Å². The first-order valence-electron chi connectivity index (χ1n) is 4.96. The van der Waals surface area contributed by atoms with Crippen molar-refractivity contribution >= 4 is 5.91 Å². The van der Waals surface area contributed by atoms with Crippen LogP contribution in [0.3, 0.4) is 0 Å². The number of pyridine rings is 1. The SMILES string of the molecule is Cn1cnc(CNC(=O)c2c[nH]ccc2=O)n1. The van der Waals surface area contributed by atoms with Crippen LogP contribution in [0.5, 0.6) is 0 Å². The molecule has 0 fully saturated rings. The molecule has 2 aromatic heterocycles. The summed E-state index contributed by atoms with van der Waals surface area (Å²) in [5.74, 6) is 0.0486. The summed E-state index contributed by atoms with van der Waals surface area (Å²) in [5, 5.41) is 6.58. The van der Waals surface area contributed by atoms with Crippen molar-refractivity contribution < 1.29 is 4.79 Å². The normalized spacial score (nSPS) is 10.2. The quantitative estimate of drug-likeness (QED) is 0.742. The highest BCUT2D eigenvalue weighted by Gasteiger charge is 2.09. The van der Waals surface area contributed by atoms with Gasteiger partial charge in [0.15, 0.2) is 11.3 Å². The lowest BCUT2D eigenvalue weighted by molar-refractivity contribution is 0.0948. The molecule has 2 rings (SSSR count). The molecule has 7 heteroatoms. The molecular weight excluding hydrogens is 222 g/mol. The van der Waals surface area contributed by atoms with Crippen LogP contribution in [0, 0.1) is 0 Å². The Kier molecular flexibility index (Phi) is 2.99. The summed E-state index contributed by atoms with van der Waals surface area (Å²) < 4.78 is 1.54. The zero-order valence-corrected chi connectivity index (χ0v) is 9.17. The van der Waals surface area contributed by atoms with E-state index in [0.717, 1.165) is 0 Å². The number of carbonyl (C=O) groups is 1. The maximum Gasteiger partial charge on any atom is 0.257 e. The lowest BCUT2D eigenvalue weighted by Gasteiger charge is -2.01. The second kappa shape index (κ2) is 4.60. The van der Waals surface area contributed by atoms with E-state index in [1.54, 1.807) is 7.05 Å². The van der Waals surface area contributed by atoms with Gasteiger partial charge in [0, 0.05) is 25.5 Å². The fourth-order valence-electron chi connectivity index (χ4n) is 1.31. The number of hydrogen-bond acceptors (Lipinski definition) is 4. The van der Waals surface area contributed by atoms with Gasteiger partial charge in [-0.15, -0.1) is 0 Å². The number of aromatic amines is 1. The van der Waals surface area contributed by atoms with E-state index in [4.69, 9.17) is 0 Å². The number of H-pyrrole nitrogens is 1. The van der Waals surface area contributed by atoms with Crippen molar-refractivity contribution in [3.8, 4) is 0 Å². The number of aryl methyl sites for hydroxylation is 1. The van der Waals surface area contributed by atoms with Gasteiger partial charge in [-0.3, -0.25) is 14.3 Å². The van der Waals surface area contributed by atoms with Crippen LogP contribution in [0.25, 0.3) is 0 Å². The topological polar surface area (TPSA) is 92.7 Å². The van der Waals surface area contributed by atoms with E-state index in [9.17, 15) is 9.59 Å². The van der Waals surface area contributed by atoms with Crippen LogP contribution >= 0.6 is 0 Å². The molecule has 0 aliphatic heterocycles. The standard InChI is InChI=1S/C10H11N5O2/c1-15-6-13-9(14-15)5-12-10(17)7-4-11-3-2-8(7)16/h2-4,6H,5H2,1H3,(H,11,16)(H,12,17). The molecule has 0 aromatic carbocycles. The molecule has 2 aromatic rings. The van der Waals surface area contributed by atoms with Crippen LogP contribution in [0.1, 0.15) is 16.2 Å². The molecular formula is C10H11N5O2. The molecule has 0 atom stereocenters. The van der Waals surface area contributed by atoms with E-state index >= 15 is 0 Å². The average molecular weight is 233 g/mol. The Morgan fingerprint density at radius 2 is 2.41 bits per heavy atom. The molecule has 2 heterocycles. The molecule has 17 heavy (non-hydrogen) atoms. The summed E-state index contributed by atoms with van der Waals surface area (Å²) in [6.07, 6.45) is 4.37. The molecule has 1 amide bonds. The Balaban J connectivity index is 2.03. The number of carbonyl (C=O) groups excluding carboxylic acids is 1. The van der Waals surface area contributed by atoms with Gasteiger partial charge in [-0.05, 0) is 0 Å². The zero-order valence-electron chi connectivity index (χ0n) is 9.17. The number of rotatable bonds is 3. The molecule has 0 radical (unpaired) electrons. The predicted molar refractivity (Wildman–Crippen MR) is 59.2 cm³/mol. The van der Waals surface area contributed by atoms with E-state index in [-0.39, 0.29) is 17.5 Å². The Hall–Kier alpha value is -2.44. The second-order valence-electron chi connectivity index (χ2n) is 3.44. The minimum Gasteiger partial charge on any atom is -0.367 e. The zero-order chi connectivity index (χ0) is 12.3. The van der Waals surface area contributed by atoms with Gasteiger partial charge in [-0.2, -0.15) is 5.10 Å². The van der Waals surface area contributed by atoms with Crippen LogP contribution in [-0.4, -0.2) is 25.7 Å². The van der Waals surface area contributed by atoms with Crippen LogP contribution in [0.4, 0.5) is 0 Å². The summed E-state index contributed by atoms with van der Waals surface area (Å²) in [6.45, 7) is 0.188. The molecule has 0 bridgehead atoms. The van der Waals surface area contributed by atoms with Crippen LogP contribution in [0.2, 0.25) is 0 Å². The van der Waals surface area contributed by atoms with Crippen molar-refractivity contribution in [2.24, 2.45) is 7.05 Å². The number of nitrogens with one attached hydrogen (secondary N) is 2. The van der Waals surface area contributed by atoms with Crippen molar-refractivity contribution in [2.45, 2.75) is 6.54 Å². The van der Waals surface area contributed by atoms with Gasteiger partial charge in [0.25, 0.3) is 5.91 Å². The van der Waals surface area contributed by atoms with E-state index in [1.807, 2.05) is 0 Å². The van der Waals surface area contributed by atoms with Gasteiger partial charge >= 0.3 is 0 Å².